The molecule has 0 atom stereocenters. The summed E-state index contributed by atoms with van der Waals surface area (Å²) in [6, 6.07) is 55.4. The second-order valence-corrected chi connectivity index (χ2v) is 19.8. The predicted molar refractivity (Wildman–Crippen MR) is 324 cm³/mol. The van der Waals surface area contributed by atoms with Crippen LogP contribution in [0.4, 0.5) is 47.3 Å². The number of hydrogen-bond acceptors (Lipinski definition) is 4. The maximum absolute atomic E-state index is 15.8. The number of hydrogen-bond donors (Lipinski definition) is 0. The fourth-order valence-electron chi connectivity index (χ4n) is 11.3. The highest BCUT2D eigenvalue weighted by Crippen LogP contribution is 2.52. The summed E-state index contributed by atoms with van der Waals surface area (Å²) >= 11 is 0. The molecule has 0 saturated carbocycles. The van der Waals surface area contributed by atoms with Gasteiger partial charge in [-0.05, 0) is 153 Å². The normalized spacial score (nSPS) is 10.8. The summed E-state index contributed by atoms with van der Waals surface area (Å²) < 4.78 is 50.9. The minimum Gasteiger partial charge on any atom is -0.319 e. The molecular formula is C71H29F3N12. The van der Waals surface area contributed by atoms with Crippen molar-refractivity contribution in [2.45, 2.75) is 6.18 Å². The number of aromatic nitrogens is 2. The van der Waals surface area contributed by atoms with Crippen LogP contribution in [0, 0.1) is 84.8 Å². The van der Waals surface area contributed by atoms with Crippen LogP contribution in [-0.2, 0) is 6.18 Å². The third-order valence-electron chi connectivity index (χ3n) is 15.0. The molecule has 0 saturated heterocycles. The van der Waals surface area contributed by atoms with Gasteiger partial charge in [0.15, 0.2) is 28.4 Å². The summed E-state index contributed by atoms with van der Waals surface area (Å²) in [6.07, 6.45) is -5.03. The van der Waals surface area contributed by atoms with Gasteiger partial charge < -0.3 is 9.13 Å². The molecule has 2 aromatic heterocycles. The van der Waals surface area contributed by atoms with Crippen molar-refractivity contribution < 1.29 is 13.2 Å². The van der Waals surface area contributed by atoms with E-state index in [2.05, 4.69) is 53.3 Å². The van der Waals surface area contributed by atoms with Crippen molar-refractivity contribution in [3.8, 4) is 91.3 Å². The average molecular weight is 1110 g/mol. The van der Waals surface area contributed by atoms with Crippen LogP contribution >= 0.6 is 0 Å². The zero-order valence-corrected chi connectivity index (χ0v) is 44.2. The van der Waals surface area contributed by atoms with Crippen LogP contribution < -0.4 is 0 Å². The molecule has 0 aliphatic heterocycles. The lowest BCUT2D eigenvalue weighted by molar-refractivity contribution is -0.137. The lowest BCUT2D eigenvalue weighted by Crippen LogP contribution is -2.09. The van der Waals surface area contributed by atoms with Gasteiger partial charge in [-0.3, -0.25) is 0 Å². The van der Waals surface area contributed by atoms with Gasteiger partial charge in [0.1, 0.15) is 0 Å². The fourth-order valence-corrected chi connectivity index (χ4v) is 11.3. The molecule has 0 unspecified atom stereocenters. The van der Waals surface area contributed by atoms with Crippen molar-refractivity contribution in [3.05, 3.63) is 272 Å². The first-order valence-electron chi connectivity index (χ1n) is 25.8. The Morgan fingerprint density at radius 3 is 1.03 bits per heavy atom. The van der Waals surface area contributed by atoms with E-state index >= 15 is 13.2 Å². The fraction of sp³-hybridized carbons (Fsp3) is 0.0141. The summed E-state index contributed by atoms with van der Waals surface area (Å²) in [5.74, 6) is 0. The van der Waals surface area contributed by atoms with Gasteiger partial charge in [0, 0.05) is 49.4 Å². The van der Waals surface area contributed by atoms with Gasteiger partial charge in [0.2, 0.25) is 5.69 Å². The van der Waals surface area contributed by atoms with E-state index in [9.17, 15) is 27.6 Å². The molecule has 0 bridgehead atoms. The van der Waals surface area contributed by atoms with Crippen molar-refractivity contribution in [1.29, 1.82) is 21.0 Å². The highest BCUT2D eigenvalue weighted by atomic mass is 19.4. The standard InChI is InChI=1S/C71H29F3N12/c1-79-52-24-40(36-75)20-48(28-52)44-10-14-56-57-15-11-45(49-21-41(37-76)25-53(29-49)80-2)33-65(57)85(64(56)32-44)63-19-18-60(68-61(71(72,73)74)8-7-9-62(68)83-5)70(69(63)84-6)86-66-34-46(50-22-42(38-77)26-54(30-50)81-3)12-16-58(66)59-17-13-47(35-67(59)86)51-23-43(39-78)27-55(31-51)82-4/h7-35H. The Bertz CT molecular complexity index is 5100. The Kier molecular flexibility index (Phi) is 12.9. The van der Waals surface area contributed by atoms with Gasteiger partial charge in [-0.15, -0.1) is 0 Å². The van der Waals surface area contributed by atoms with E-state index in [4.69, 9.17) is 32.9 Å². The van der Waals surface area contributed by atoms with Crippen LogP contribution in [0.2, 0.25) is 0 Å². The molecule has 12 rings (SSSR count). The molecule has 15 heteroatoms. The Morgan fingerprint density at radius 2 is 0.721 bits per heavy atom. The van der Waals surface area contributed by atoms with E-state index in [1.807, 2.05) is 36.4 Å². The SMILES string of the molecule is [C-]#[N+]c1cc(C#N)cc(-c2ccc3c4ccc(-c5cc(C#N)cc([N+]#[C-])c5)cc4n(-c4ccc(-c5c([N+]#[C-])cccc5C(F)(F)F)c(-n5c6cc(-c7cc(C#N)cc([N+]#[C-])c7)ccc6c6ccc(-c7cc(C#N)cc([N+]#[C-])c7)cc65)c4[N+]#[C-])c3c2)c1. The van der Waals surface area contributed by atoms with Crippen LogP contribution in [0.1, 0.15) is 27.8 Å². The zero-order valence-electron chi connectivity index (χ0n) is 44.2. The molecule has 0 N–H and O–H groups in total. The molecule has 0 aliphatic carbocycles. The van der Waals surface area contributed by atoms with Crippen LogP contribution in [-0.4, -0.2) is 9.13 Å². The number of nitriles is 4. The maximum Gasteiger partial charge on any atom is 0.415 e. The average Bonchev–Trinajstić information content (AvgIpc) is 1.65. The van der Waals surface area contributed by atoms with E-state index in [1.165, 1.54) is 42.5 Å². The van der Waals surface area contributed by atoms with E-state index in [0.717, 1.165) is 12.1 Å². The largest absolute Gasteiger partial charge is 0.415 e. The third-order valence-corrected chi connectivity index (χ3v) is 15.0. The maximum atomic E-state index is 15.8. The van der Waals surface area contributed by atoms with Gasteiger partial charge in [-0.1, -0.05) is 72.8 Å². The van der Waals surface area contributed by atoms with Gasteiger partial charge in [-0.2, -0.15) is 34.2 Å². The number of rotatable bonds is 7. The predicted octanol–water partition coefficient (Wildman–Crippen LogP) is 20.0. The second-order valence-electron chi connectivity index (χ2n) is 19.8. The molecule has 10 aromatic carbocycles. The van der Waals surface area contributed by atoms with Crippen LogP contribution in [0.5, 0.6) is 0 Å². The third kappa shape index (κ3) is 8.91. The number of benzene rings is 10. The topological polar surface area (TPSA) is 131 Å². The van der Waals surface area contributed by atoms with E-state index in [0.29, 0.717) is 88.1 Å². The van der Waals surface area contributed by atoms with E-state index in [1.54, 1.807) is 94.1 Å². The lowest BCUT2D eigenvalue weighted by Gasteiger charge is -2.23. The highest BCUT2D eigenvalue weighted by molar-refractivity contribution is 6.15. The van der Waals surface area contributed by atoms with E-state index in [-0.39, 0.29) is 73.3 Å². The molecule has 12 nitrogen and oxygen atoms in total. The molecule has 0 amide bonds. The summed E-state index contributed by atoms with van der Waals surface area (Å²) in [7, 11) is 0. The number of nitrogens with zero attached hydrogens (tertiary/aromatic N) is 12. The Labute approximate surface area is 488 Å². The minimum atomic E-state index is -5.03. The first-order chi connectivity index (χ1) is 41.7. The van der Waals surface area contributed by atoms with Crippen molar-refractivity contribution in [2.75, 3.05) is 0 Å². The van der Waals surface area contributed by atoms with Gasteiger partial charge in [0.25, 0.3) is 0 Å². The Hall–Kier alpha value is -13.5. The molecule has 0 radical (unpaired) electrons. The summed E-state index contributed by atoms with van der Waals surface area (Å²) in [5.41, 5.74) is 5.17. The minimum absolute atomic E-state index is 0.0807. The first kappa shape index (κ1) is 53.1. The van der Waals surface area contributed by atoms with Crippen molar-refractivity contribution in [2.24, 2.45) is 0 Å². The Balaban J connectivity index is 1.29. The molecule has 0 aliphatic rings. The highest BCUT2D eigenvalue weighted by Gasteiger charge is 2.37. The smallest absolute Gasteiger partial charge is 0.319 e. The molecule has 394 valence electrons. The molecule has 12 aromatic rings. The second kappa shape index (κ2) is 20.9. The monoisotopic (exact) mass is 1110 g/mol. The number of alkyl halides is 3. The van der Waals surface area contributed by atoms with Crippen molar-refractivity contribution in [1.82, 2.24) is 9.13 Å². The summed E-state index contributed by atoms with van der Waals surface area (Å²) in [6.45, 7) is 49.2. The zero-order chi connectivity index (χ0) is 60.1. The Morgan fingerprint density at radius 1 is 0.360 bits per heavy atom. The molecule has 2 heterocycles. The lowest BCUT2D eigenvalue weighted by atomic mass is 9.94. The van der Waals surface area contributed by atoms with Crippen LogP contribution in [0.15, 0.2) is 176 Å². The van der Waals surface area contributed by atoms with E-state index < -0.39 is 17.3 Å². The van der Waals surface area contributed by atoms with Gasteiger partial charge in [-0.25, -0.2) is 29.1 Å². The summed E-state index contributed by atoms with van der Waals surface area (Å²) in [4.78, 5) is 22.4. The quantitative estimate of drug-likeness (QED) is 0.147. The van der Waals surface area contributed by atoms with Crippen molar-refractivity contribution >= 4 is 77.7 Å². The number of halogens is 3. The first-order valence-corrected chi connectivity index (χ1v) is 25.8. The number of fused-ring (bicyclic) bond motifs is 6. The van der Waals surface area contributed by atoms with Crippen molar-refractivity contribution in [3.63, 3.8) is 0 Å². The molecular weight excluding hydrogens is 1080 g/mol. The molecule has 0 fully saturated rings. The van der Waals surface area contributed by atoms with Gasteiger partial charge >= 0.3 is 6.18 Å². The van der Waals surface area contributed by atoms with Gasteiger partial charge in [0.05, 0.1) is 103 Å². The molecule has 86 heavy (non-hydrogen) atoms. The summed E-state index contributed by atoms with van der Waals surface area (Å²) in [5, 5.41) is 42.7. The van der Waals surface area contributed by atoms with Crippen LogP contribution in [0.3, 0.4) is 0 Å². The van der Waals surface area contributed by atoms with Crippen LogP contribution in [0.25, 0.3) is 140 Å². The molecule has 0 spiro atoms.